The third-order valence-electron chi connectivity index (χ3n) is 2.41. The molecule has 0 bridgehead atoms. The minimum absolute atomic E-state index is 0.238. The van der Waals surface area contributed by atoms with Gasteiger partial charge in [0.1, 0.15) is 12.1 Å². The van der Waals surface area contributed by atoms with Crippen LogP contribution in [0.4, 0.5) is 10.4 Å². The molecule has 0 fully saturated rings. The molecule has 2 aromatic rings. The lowest BCUT2D eigenvalue weighted by molar-refractivity contribution is 0.543. The second kappa shape index (κ2) is 4.97. The lowest BCUT2D eigenvalue weighted by atomic mass is 10.2. The summed E-state index contributed by atoms with van der Waals surface area (Å²) in [7, 11) is 1.86. The molecule has 4 nitrogen and oxygen atoms in total. The first-order valence-electron chi connectivity index (χ1n) is 5.29. The Morgan fingerprint density at radius 3 is 2.65 bits per heavy atom. The van der Waals surface area contributed by atoms with Gasteiger partial charge in [0, 0.05) is 20.1 Å². The Kier molecular flexibility index (Phi) is 3.39. The van der Waals surface area contributed by atoms with Crippen molar-refractivity contribution in [2.75, 3.05) is 11.9 Å². The van der Waals surface area contributed by atoms with E-state index < -0.39 is 0 Å². The van der Waals surface area contributed by atoms with E-state index in [1.165, 1.54) is 18.4 Å². The van der Waals surface area contributed by atoms with Gasteiger partial charge in [-0.3, -0.25) is 0 Å². The Bertz CT molecular complexity index is 481. The monoisotopic (exact) mass is 235 g/mol. The fraction of sp³-hybridized carbons (Fsp3) is 0.250. The molecule has 0 saturated carbocycles. The van der Waals surface area contributed by atoms with Crippen molar-refractivity contribution in [3.8, 4) is 0 Å². The smallest absolute Gasteiger partial charge is 0.297 e. The number of aromatic nitrogens is 1. The molecule has 17 heavy (non-hydrogen) atoms. The molecule has 0 aliphatic rings. The maximum absolute atomic E-state index is 12.7. The molecule has 90 valence electrons. The quantitative estimate of drug-likeness (QED) is 0.879. The Balaban J connectivity index is 2.05. The third-order valence-corrected chi connectivity index (χ3v) is 2.41. The number of benzene rings is 1. The molecule has 5 heteroatoms. The lowest BCUT2D eigenvalue weighted by Gasteiger charge is -2.14. The van der Waals surface area contributed by atoms with E-state index in [2.05, 4.69) is 4.98 Å². The van der Waals surface area contributed by atoms with Crippen LogP contribution in [0, 0.1) is 5.82 Å². The summed E-state index contributed by atoms with van der Waals surface area (Å²) >= 11 is 0. The van der Waals surface area contributed by atoms with Crippen LogP contribution in [0.3, 0.4) is 0 Å². The zero-order valence-electron chi connectivity index (χ0n) is 9.56. The first kappa shape index (κ1) is 11.6. The largest absolute Gasteiger partial charge is 0.432 e. The first-order chi connectivity index (χ1) is 8.19. The SMILES string of the molecule is CN(Cc1ccc(F)cc1)c1nc(CN)co1. The summed E-state index contributed by atoms with van der Waals surface area (Å²) in [4.78, 5) is 6.04. The number of halogens is 1. The van der Waals surface area contributed by atoms with Crippen LogP contribution in [-0.2, 0) is 13.1 Å². The van der Waals surface area contributed by atoms with E-state index in [9.17, 15) is 4.39 Å². The lowest BCUT2D eigenvalue weighted by Crippen LogP contribution is -2.16. The van der Waals surface area contributed by atoms with E-state index in [4.69, 9.17) is 10.2 Å². The number of nitrogens with zero attached hydrogens (tertiary/aromatic N) is 2. The van der Waals surface area contributed by atoms with Gasteiger partial charge in [0.15, 0.2) is 0 Å². The van der Waals surface area contributed by atoms with E-state index in [0.29, 0.717) is 24.8 Å². The van der Waals surface area contributed by atoms with Gasteiger partial charge in [0.05, 0.1) is 5.69 Å². The second-order valence-electron chi connectivity index (χ2n) is 3.81. The fourth-order valence-corrected chi connectivity index (χ4v) is 1.50. The van der Waals surface area contributed by atoms with Gasteiger partial charge < -0.3 is 15.1 Å². The highest BCUT2D eigenvalue weighted by atomic mass is 19.1. The number of nitrogens with two attached hydrogens (primary N) is 1. The summed E-state index contributed by atoms with van der Waals surface area (Å²) in [6.45, 7) is 0.957. The topological polar surface area (TPSA) is 55.3 Å². The van der Waals surface area contributed by atoms with Crippen molar-refractivity contribution < 1.29 is 8.81 Å². The van der Waals surface area contributed by atoms with Crippen LogP contribution in [0.25, 0.3) is 0 Å². The fourth-order valence-electron chi connectivity index (χ4n) is 1.50. The Morgan fingerprint density at radius 2 is 2.06 bits per heavy atom. The molecule has 1 aromatic heterocycles. The van der Waals surface area contributed by atoms with E-state index in [0.717, 1.165) is 5.56 Å². The minimum atomic E-state index is -0.238. The summed E-state index contributed by atoms with van der Waals surface area (Å²) in [6, 6.07) is 6.85. The van der Waals surface area contributed by atoms with Crippen LogP contribution in [0.5, 0.6) is 0 Å². The van der Waals surface area contributed by atoms with Gasteiger partial charge in [-0.2, -0.15) is 4.98 Å². The van der Waals surface area contributed by atoms with Crippen LogP contribution in [-0.4, -0.2) is 12.0 Å². The Labute approximate surface area is 98.9 Å². The highest BCUT2D eigenvalue weighted by molar-refractivity contribution is 5.29. The summed E-state index contributed by atoms with van der Waals surface area (Å²) < 4.78 is 18.0. The number of hydrogen-bond acceptors (Lipinski definition) is 4. The maximum atomic E-state index is 12.7. The summed E-state index contributed by atoms with van der Waals surface area (Å²) in [5.41, 5.74) is 7.15. The molecule has 0 aliphatic heterocycles. The molecule has 2 rings (SSSR count). The maximum Gasteiger partial charge on any atom is 0.297 e. The Morgan fingerprint density at radius 1 is 1.35 bits per heavy atom. The van der Waals surface area contributed by atoms with Crippen LogP contribution in [0.15, 0.2) is 34.9 Å². The molecular formula is C12H14FN3O. The van der Waals surface area contributed by atoms with E-state index in [-0.39, 0.29) is 5.82 Å². The number of rotatable bonds is 4. The van der Waals surface area contributed by atoms with Crippen LogP contribution in [0.2, 0.25) is 0 Å². The minimum Gasteiger partial charge on any atom is -0.432 e. The summed E-state index contributed by atoms with van der Waals surface area (Å²) in [5.74, 6) is -0.238. The number of oxazole rings is 1. The van der Waals surface area contributed by atoms with Gasteiger partial charge in [-0.05, 0) is 17.7 Å². The van der Waals surface area contributed by atoms with Gasteiger partial charge in [-0.15, -0.1) is 0 Å². The zero-order valence-corrected chi connectivity index (χ0v) is 9.56. The molecule has 0 aliphatic carbocycles. The van der Waals surface area contributed by atoms with Gasteiger partial charge in [0.2, 0.25) is 0 Å². The van der Waals surface area contributed by atoms with E-state index in [1.54, 1.807) is 12.1 Å². The predicted octanol–water partition coefficient (Wildman–Crippen LogP) is 1.91. The number of anilines is 1. The summed E-state index contributed by atoms with van der Waals surface area (Å²) in [5, 5.41) is 0. The average molecular weight is 235 g/mol. The highest BCUT2D eigenvalue weighted by Gasteiger charge is 2.08. The molecule has 0 atom stereocenters. The van der Waals surface area contributed by atoms with Gasteiger partial charge in [-0.25, -0.2) is 4.39 Å². The highest BCUT2D eigenvalue weighted by Crippen LogP contribution is 2.15. The molecule has 1 aromatic carbocycles. The molecule has 0 saturated heterocycles. The number of hydrogen-bond donors (Lipinski definition) is 1. The third kappa shape index (κ3) is 2.82. The van der Waals surface area contributed by atoms with Crippen LogP contribution >= 0.6 is 0 Å². The molecule has 2 N–H and O–H groups in total. The van der Waals surface area contributed by atoms with Crippen molar-refractivity contribution in [1.82, 2.24) is 4.98 Å². The van der Waals surface area contributed by atoms with Crippen molar-refractivity contribution in [3.63, 3.8) is 0 Å². The standard InChI is InChI=1S/C12H14FN3O/c1-16(12-15-11(6-14)8-17-12)7-9-2-4-10(13)5-3-9/h2-5,8H,6-7,14H2,1H3. The molecule has 0 radical (unpaired) electrons. The molecule has 0 amide bonds. The van der Waals surface area contributed by atoms with E-state index in [1.807, 2.05) is 11.9 Å². The zero-order chi connectivity index (χ0) is 12.3. The van der Waals surface area contributed by atoms with Gasteiger partial charge in [0.25, 0.3) is 6.01 Å². The second-order valence-corrected chi connectivity index (χ2v) is 3.81. The predicted molar refractivity (Wildman–Crippen MR) is 62.9 cm³/mol. The van der Waals surface area contributed by atoms with Gasteiger partial charge >= 0.3 is 0 Å². The molecule has 1 heterocycles. The van der Waals surface area contributed by atoms with Crippen molar-refractivity contribution in [2.24, 2.45) is 5.73 Å². The van der Waals surface area contributed by atoms with Crippen LogP contribution in [0.1, 0.15) is 11.3 Å². The van der Waals surface area contributed by atoms with Crippen molar-refractivity contribution in [2.45, 2.75) is 13.1 Å². The molecular weight excluding hydrogens is 221 g/mol. The van der Waals surface area contributed by atoms with Crippen LogP contribution < -0.4 is 10.6 Å². The average Bonchev–Trinajstić information content (AvgIpc) is 2.81. The normalized spacial score (nSPS) is 10.5. The molecule has 0 spiro atoms. The van der Waals surface area contributed by atoms with E-state index >= 15 is 0 Å². The van der Waals surface area contributed by atoms with Crippen molar-refractivity contribution >= 4 is 6.01 Å². The Hall–Kier alpha value is -1.88. The van der Waals surface area contributed by atoms with Crippen molar-refractivity contribution in [3.05, 3.63) is 47.6 Å². The summed E-state index contributed by atoms with van der Waals surface area (Å²) in [6.07, 6.45) is 1.54. The van der Waals surface area contributed by atoms with Crippen molar-refractivity contribution in [1.29, 1.82) is 0 Å². The van der Waals surface area contributed by atoms with Gasteiger partial charge in [-0.1, -0.05) is 12.1 Å². The first-order valence-corrected chi connectivity index (χ1v) is 5.29. The molecule has 0 unspecified atom stereocenters.